The van der Waals surface area contributed by atoms with Crippen molar-refractivity contribution in [1.29, 1.82) is 0 Å². The molecule has 0 spiro atoms. The fourth-order valence-electron chi connectivity index (χ4n) is 1.51. The molecule has 0 amide bonds. The lowest BCUT2D eigenvalue weighted by Crippen LogP contribution is -2.09. The number of rotatable bonds is 5. The van der Waals surface area contributed by atoms with Crippen LogP contribution in [0.2, 0.25) is 5.02 Å². The lowest BCUT2D eigenvalue weighted by atomic mass is 10.2. The Morgan fingerprint density at radius 2 is 2.21 bits per heavy atom. The minimum Gasteiger partial charge on any atom is -0.384 e. The van der Waals surface area contributed by atoms with Crippen molar-refractivity contribution in [2.45, 2.75) is 0 Å². The maximum Gasteiger partial charge on any atom is 0.145 e. The topological polar surface area (TPSA) is 86.0 Å². The molecule has 2 rings (SSSR count). The first-order valence-corrected chi connectivity index (χ1v) is 6.04. The van der Waals surface area contributed by atoms with E-state index in [1.807, 2.05) is 0 Å². The normalized spacial score (nSPS) is 10.4. The average molecular weight is 280 g/mol. The standard InChI is InChI=1S/C12H14ClN5O/c1-19-3-2-16-12-7-15-6-10(18-12)8-4-11(14)17-5-9(8)13/h4-7H,2-3H2,1H3,(H2,14,17)(H,16,18). The van der Waals surface area contributed by atoms with Crippen LogP contribution in [-0.2, 0) is 4.74 Å². The Morgan fingerprint density at radius 3 is 3.00 bits per heavy atom. The number of hydrogen-bond acceptors (Lipinski definition) is 6. The number of pyridine rings is 1. The molecule has 0 aliphatic carbocycles. The zero-order valence-corrected chi connectivity index (χ0v) is 11.2. The van der Waals surface area contributed by atoms with Crippen molar-refractivity contribution in [3.63, 3.8) is 0 Å². The van der Waals surface area contributed by atoms with Gasteiger partial charge in [-0.1, -0.05) is 11.6 Å². The van der Waals surface area contributed by atoms with Gasteiger partial charge >= 0.3 is 0 Å². The van der Waals surface area contributed by atoms with Gasteiger partial charge in [-0.15, -0.1) is 0 Å². The number of halogens is 1. The summed E-state index contributed by atoms with van der Waals surface area (Å²) in [7, 11) is 1.64. The molecule has 100 valence electrons. The number of nitrogens with one attached hydrogen (secondary N) is 1. The summed E-state index contributed by atoms with van der Waals surface area (Å²) in [5.74, 6) is 1.04. The number of methoxy groups -OCH3 is 1. The molecule has 0 saturated carbocycles. The van der Waals surface area contributed by atoms with Crippen LogP contribution in [0.25, 0.3) is 11.3 Å². The summed E-state index contributed by atoms with van der Waals surface area (Å²) in [5, 5.41) is 3.59. The van der Waals surface area contributed by atoms with Gasteiger partial charge in [0.2, 0.25) is 0 Å². The third-order valence-corrected chi connectivity index (χ3v) is 2.70. The second-order valence-corrected chi connectivity index (χ2v) is 4.21. The molecule has 0 aliphatic rings. The molecule has 19 heavy (non-hydrogen) atoms. The van der Waals surface area contributed by atoms with Crippen molar-refractivity contribution in [3.05, 3.63) is 29.7 Å². The largest absolute Gasteiger partial charge is 0.384 e. The monoisotopic (exact) mass is 279 g/mol. The third-order valence-electron chi connectivity index (χ3n) is 2.40. The molecule has 6 nitrogen and oxygen atoms in total. The van der Waals surface area contributed by atoms with Crippen molar-refractivity contribution < 1.29 is 4.74 Å². The van der Waals surface area contributed by atoms with Crippen LogP contribution in [0.1, 0.15) is 0 Å². The van der Waals surface area contributed by atoms with Crippen molar-refractivity contribution >= 4 is 23.2 Å². The Balaban J connectivity index is 2.24. The van der Waals surface area contributed by atoms with Gasteiger partial charge in [-0.25, -0.2) is 9.97 Å². The summed E-state index contributed by atoms with van der Waals surface area (Å²) in [5.41, 5.74) is 7.00. The van der Waals surface area contributed by atoms with E-state index in [0.29, 0.717) is 41.1 Å². The zero-order chi connectivity index (χ0) is 13.7. The van der Waals surface area contributed by atoms with Gasteiger partial charge in [-0.2, -0.15) is 0 Å². The number of hydrogen-bond donors (Lipinski definition) is 2. The van der Waals surface area contributed by atoms with Crippen LogP contribution in [-0.4, -0.2) is 35.2 Å². The molecule has 0 bridgehead atoms. The number of ether oxygens (including phenoxy) is 1. The Morgan fingerprint density at radius 1 is 1.37 bits per heavy atom. The molecule has 0 unspecified atom stereocenters. The molecule has 2 aromatic heterocycles. The maximum absolute atomic E-state index is 6.08. The summed E-state index contributed by atoms with van der Waals surface area (Å²) in [6.45, 7) is 1.25. The van der Waals surface area contributed by atoms with Gasteiger partial charge in [0.15, 0.2) is 0 Å². The first-order chi connectivity index (χ1) is 9.20. The summed E-state index contributed by atoms with van der Waals surface area (Å²) in [6.07, 6.45) is 4.76. The van der Waals surface area contributed by atoms with Crippen LogP contribution in [0, 0.1) is 0 Å². The first kappa shape index (κ1) is 13.5. The highest BCUT2D eigenvalue weighted by atomic mass is 35.5. The number of aromatic nitrogens is 3. The van der Waals surface area contributed by atoms with Crippen molar-refractivity contribution in [1.82, 2.24) is 15.0 Å². The Labute approximate surface area is 116 Å². The lowest BCUT2D eigenvalue weighted by Gasteiger charge is -2.08. The van der Waals surface area contributed by atoms with Crippen LogP contribution >= 0.6 is 11.6 Å². The number of nitrogen functional groups attached to an aromatic ring is 1. The first-order valence-electron chi connectivity index (χ1n) is 5.67. The second kappa shape index (κ2) is 6.31. The number of anilines is 2. The highest BCUT2D eigenvalue weighted by Gasteiger charge is 2.07. The predicted octanol–water partition coefficient (Wildman–Crippen LogP) is 1.83. The lowest BCUT2D eigenvalue weighted by molar-refractivity contribution is 0.210. The molecular weight excluding hydrogens is 266 g/mol. The minimum atomic E-state index is 0.388. The van der Waals surface area contributed by atoms with E-state index >= 15 is 0 Å². The van der Waals surface area contributed by atoms with Crippen molar-refractivity contribution in [2.24, 2.45) is 0 Å². The molecule has 0 atom stereocenters. The van der Waals surface area contributed by atoms with Crippen LogP contribution < -0.4 is 11.1 Å². The summed E-state index contributed by atoms with van der Waals surface area (Å²) >= 11 is 6.08. The van der Waals surface area contributed by atoms with Crippen molar-refractivity contribution in [3.8, 4) is 11.3 Å². The fraction of sp³-hybridized carbons (Fsp3) is 0.250. The molecular formula is C12H14ClN5O. The molecule has 0 aliphatic heterocycles. The van der Waals surface area contributed by atoms with E-state index in [9.17, 15) is 0 Å². The highest BCUT2D eigenvalue weighted by molar-refractivity contribution is 6.33. The van der Waals surface area contributed by atoms with Gasteiger partial charge in [-0.3, -0.25) is 4.98 Å². The van der Waals surface area contributed by atoms with E-state index in [1.54, 1.807) is 25.6 Å². The highest BCUT2D eigenvalue weighted by Crippen LogP contribution is 2.27. The fourth-order valence-corrected chi connectivity index (χ4v) is 1.71. The van der Waals surface area contributed by atoms with E-state index in [-0.39, 0.29) is 0 Å². The van der Waals surface area contributed by atoms with Crippen molar-refractivity contribution in [2.75, 3.05) is 31.3 Å². The molecule has 2 aromatic rings. The van der Waals surface area contributed by atoms with Gasteiger partial charge in [0.1, 0.15) is 11.6 Å². The smallest absolute Gasteiger partial charge is 0.145 e. The minimum absolute atomic E-state index is 0.388. The molecule has 3 N–H and O–H groups in total. The molecule has 7 heteroatoms. The van der Waals surface area contributed by atoms with E-state index in [2.05, 4.69) is 20.3 Å². The van der Waals surface area contributed by atoms with Crippen LogP contribution in [0.3, 0.4) is 0 Å². The molecule has 0 saturated heterocycles. The van der Waals surface area contributed by atoms with Crippen LogP contribution in [0.5, 0.6) is 0 Å². The number of nitrogens with zero attached hydrogens (tertiary/aromatic N) is 3. The molecule has 0 aromatic carbocycles. The van der Waals surface area contributed by atoms with Gasteiger partial charge in [0.05, 0.1) is 29.7 Å². The van der Waals surface area contributed by atoms with E-state index in [0.717, 1.165) is 0 Å². The predicted molar refractivity (Wildman–Crippen MR) is 75.1 cm³/mol. The quantitative estimate of drug-likeness (QED) is 0.812. The summed E-state index contributed by atoms with van der Waals surface area (Å²) in [6, 6.07) is 1.67. The second-order valence-electron chi connectivity index (χ2n) is 3.80. The van der Waals surface area contributed by atoms with E-state index < -0.39 is 0 Å². The SMILES string of the molecule is COCCNc1cncc(-c2cc(N)ncc2Cl)n1. The number of nitrogens with two attached hydrogens (primary N) is 1. The summed E-state index contributed by atoms with van der Waals surface area (Å²) < 4.78 is 4.96. The Hall–Kier alpha value is -1.92. The van der Waals surface area contributed by atoms with Gasteiger partial charge < -0.3 is 15.8 Å². The van der Waals surface area contributed by atoms with Gasteiger partial charge in [0.25, 0.3) is 0 Å². The van der Waals surface area contributed by atoms with E-state index in [4.69, 9.17) is 22.1 Å². The van der Waals surface area contributed by atoms with Gasteiger partial charge in [0, 0.05) is 25.4 Å². The Bertz CT molecular complexity index is 564. The average Bonchev–Trinajstić information content (AvgIpc) is 2.42. The van der Waals surface area contributed by atoms with E-state index in [1.165, 1.54) is 6.20 Å². The molecule has 2 heterocycles. The molecule has 0 fully saturated rings. The van der Waals surface area contributed by atoms with Gasteiger partial charge in [-0.05, 0) is 6.07 Å². The molecule has 0 radical (unpaired) electrons. The van der Waals surface area contributed by atoms with Crippen LogP contribution in [0.15, 0.2) is 24.7 Å². The zero-order valence-electron chi connectivity index (χ0n) is 10.4. The van der Waals surface area contributed by atoms with Crippen LogP contribution in [0.4, 0.5) is 11.6 Å². The Kier molecular flexibility index (Phi) is 4.48. The maximum atomic E-state index is 6.08. The third kappa shape index (κ3) is 3.52. The summed E-state index contributed by atoms with van der Waals surface area (Å²) in [4.78, 5) is 12.5.